The highest BCUT2D eigenvalue weighted by Gasteiger charge is 2.34. The first kappa shape index (κ1) is 17.9. The van der Waals surface area contributed by atoms with Gasteiger partial charge in [0.1, 0.15) is 5.82 Å². The summed E-state index contributed by atoms with van der Waals surface area (Å²) in [4.78, 5) is 26.7. The second-order valence-electron chi connectivity index (χ2n) is 7.15. The molecule has 1 unspecified atom stereocenters. The Morgan fingerprint density at radius 3 is 2.44 bits per heavy atom. The summed E-state index contributed by atoms with van der Waals surface area (Å²) >= 11 is 0. The lowest BCUT2D eigenvalue weighted by atomic mass is 9.87. The van der Waals surface area contributed by atoms with Crippen molar-refractivity contribution < 1.29 is 14.0 Å². The van der Waals surface area contributed by atoms with Crippen LogP contribution < -0.4 is 10.6 Å². The van der Waals surface area contributed by atoms with Crippen LogP contribution in [0, 0.1) is 23.6 Å². The molecule has 2 heterocycles. The van der Waals surface area contributed by atoms with E-state index in [9.17, 15) is 14.0 Å². The van der Waals surface area contributed by atoms with E-state index < -0.39 is 0 Å². The van der Waals surface area contributed by atoms with Crippen LogP contribution in [0.5, 0.6) is 0 Å². The van der Waals surface area contributed by atoms with Gasteiger partial charge in [0.15, 0.2) is 0 Å². The number of amides is 2. The summed E-state index contributed by atoms with van der Waals surface area (Å²) in [6.45, 7) is 5.57. The number of nitrogens with zero attached hydrogens (tertiary/aromatic N) is 1. The number of benzene rings is 1. The Kier molecular flexibility index (Phi) is 5.68. The van der Waals surface area contributed by atoms with Gasteiger partial charge in [0.2, 0.25) is 11.8 Å². The van der Waals surface area contributed by atoms with Crippen molar-refractivity contribution in [1.29, 1.82) is 0 Å². The van der Waals surface area contributed by atoms with E-state index in [1.165, 1.54) is 12.1 Å². The maximum atomic E-state index is 12.9. The van der Waals surface area contributed by atoms with Gasteiger partial charge in [-0.3, -0.25) is 9.59 Å². The molecular formula is C19H26FN3O2. The van der Waals surface area contributed by atoms with Crippen molar-refractivity contribution in [1.82, 2.24) is 15.5 Å². The molecule has 1 aromatic rings. The summed E-state index contributed by atoms with van der Waals surface area (Å²) in [5, 5.41) is 6.13. The average Bonchev–Trinajstić information content (AvgIpc) is 2.59. The molecule has 0 radical (unpaired) electrons. The molecule has 5 nitrogen and oxygen atoms in total. The zero-order valence-electron chi connectivity index (χ0n) is 14.6. The second kappa shape index (κ2) is 7.95. The van der Waals surface area contributed by atoms with E-state index in [0.29, 0.717) is 38.4 Å². The van der Waals surface area contributed by atoms with Crippen molar-refractivity contribution in [3.63, 3.8) is 0 Å². The lowest BCUT2D eigenvalue weighted by molar-refractivity contribution is -0.140. The monoisotopic (exact) mass is 347 g/mol. The highest BCUT2D eigenvalue weighted by Crippen LogP contribution is 2.23. The molecule has 1 aromatic carbocycles. The van der Waals surface area contributed by atoms with Gasteiger partial charge in [0.05, 0.1) is 0 Å². The normalized spacial score (nSPS) is 20.0. The van der Waals surface area contributed by atoms with Gasteiger partial charge in [0.25, 0.3) is 0 Å². The topological polar surface area (TPSA) is 61.4 Å². The Morgan fingerprint density at radius 1 is 1.24 bits per heavy atom. The number of hydrogen-bond acceptors (Lipinski definition) is 3. The number of halogens is 1. The first-order valence-corrected chi connectivity index (χ1v) is 9.06. The lowest BCUT2D eigenvalue weighted by Gasteiger charge is -2.37. The molecule has 0 aliphatic carbocycles. The molecule has 2 aliphatic heterocycles. The maximum absolute atomic E-state index is 12.9. The van der Waals surface area contributed by atoms with E-state index in [1.54, 1.807) is 12.1 Å². The predicted octanol–water partition coefficient (Wildman–Crippen LogP) is 1.54. The minimum absolute atomic E-state index is 0.0210. The number of hydrogen-bond donors (Lipinski definition) is 2. The Bertz CT molecular complexity index is 608. The predicted molar refractivity (Wildman–Crippen MR) is 93.1 cm³/mol. The summed E-state index contributed by atoms with van der Waals surface area (Å²) in [6.07, 6.45) is 1.41. The number of piperidine rings is 1. The van der Waals surface area contributed by atoms with Crippen molar-refractivity contribution in [3.8, 4) is 0 Å². The number of carbonyl (C=O) groups is 2. The molecule has 0 bridgehead atoms. The summed E-state index contributed by atoms with van der Waals surface area (Å²) in [5.41, 5.74) is 0.880. The number of nitrogens with one attached hydrogen (secondary N) is 2. The molecule has 0 saturated carbocycles. The Morgan fingerprint density at radius 2 is 1.88 bits per heavy atom. The van der Waals surface area contributed by atoms with Crippen LogP contribution in [0.2, 0.25) is 0 Å². The fraction of sp³-hybridized carbons (Fsp3) is 0.579. The first-order chi connectivity index (χ1) is 12.0. The molecular weight excluding hydrogens is 321 g/mol. The summed E-state index contributed by atoms with van der Waals surface area (Å²) in [6, 6.07) is 6.13. The van der Waals surface area contributed by atoms with Crippen LogP contribution in [0.25, 0.3) is 0 Å². The van der Waals surface area contributed by atoms with E-state index >= 15 is 0 Å². The van der Waals surface area contributed by atoms with Crippen LogP contribution in [0.15, 0.2) is 24.3 Å². The van der Waals surface area contributed by atoms with Crippen molar-refractivity contribution in [3.05, 3.63) is 35.6 Å². The minimum Gasteiger partial charge on any atom is -0.352 e. The number of rotatable bonds is 5. The van der Waals surface area contributed by atoms with Crippen molar-refractivity contribution in [2.45, 2.75) is 26.3 Å². The van der Waals surface area contributed by atoms with Crippen LogP contribution in [0.1, 0.15) is 25.3 Å². The quantitative estimate of drug-likeness (QED) is 0.849. The van der Waals surface area contributed by atoms with E-state index in [0.717, 1.165) is 18.7 Å². The molecule has 136 valence electrons. The SMILES string of the molecule is CC(C(=O)N1CCC(C(=O)NCc2ccc(F)cc2)CC1)C1CNC1. The van der Waals surface area contributed by atoms with Gasteiger partial charge in [-0.05, 0) is 49.5 Å². The van der Waals surface area contributed by atoms with Crippen LogP contribution >= 0.6 is 0 Å². The van der Waals surface area contributed by atoms with Crippen LogP contribution in [-0.4, -0.2) is 42.9 Å². The zero-order chi connectivity index (χ0) is 17.8. The van der Waals surface area contributed by atoms with Crippen molar-refractivity contribution in [2.75, 3.05) is 26.2 Å². The van der Waals surface area contributed by atoms with Gasteiger partial charge >= 0.3 is 0 Å². The Balaban J connectivity index is 1.42. The Labute approximate surface area is 148 Å². The highest BCUT2D eigenvalue weighted by molar-refractivity contribution is 5.81. The number of likely N-dealkylation sites (tertiary alicyclic amines) is 1. The molecule has 2 aliphatic rings. The lowest BCUT2D eigenvalue weighted by Crippen LogP contribution is -2.52. The van der Waals surface area contributed by atoms with E-state index in [2.05, 4.69) is 10.6 Å². The van der Waals surface area contributed by atoms with Crippen LogP contribution in [0.4, 0.5) is 4.39 Å². The molecule has 1 atom stereocenters. The van der Waals surface area contributed by atoms with Gasteiger partial charge in [0, 0.05) is 31.5 Å². The number of carbonyl (C=O) groups excluding carboxylic acids is 2. The Hall–Kier alpha value is -1.95. The average molecular weight is 347 g/mol. The van der Waals surface area contributed by atoms with Crippen LogP contribution in [0.3, 0.4) is 0 Å². The standard InChI is InChI=1S/C19H26FN3O2/c1-13(16-11-21-12-16)19(25)23-8-6-15(7-9-23)18(24)22-10-14-2-4-17(20)5-3-14/h2-5,13,15-16,21H,6-12H2,1H3,(H,22,24). The third-order valence-corrected chi connectivity index (χ3v) is 5.47. The molecule has 2 amide bonds. The van der Waals surface area contributed by atoms with E-state index in [1.807, 2.05) is 11.8 Å². The van der Waals surface area contributed by atoms with Gasteiger partial charge in [-0.1, -0.05) is 19.1 Å². The second-order valence-corrected chi connectivity index (χ2v) is 7.15. The minimum atomic E-state index is -0.279. The van der Waals surface area contributed by atoms with Gasteiger partial charge in [-0.25, -0.2) is 4.39 Å². The highest BCUT2D eigenvalue weighted by atomic mass is 19.1. The molecule has 2 saturated heterocycles. The molecule has 25 heavy (non-hydrogen) atoms. The summed E-state index contributed by atoms with van der Waals surface area (Å²) in [7, 11) is 0. The molecule has 2 fully saturated rings. The summed E-state index contributed by atoms with van der Waals surface area (Å²) in [5.74, 6) is 0.419. The van der Waals surface area contributed by atoms with Crippen molar-refractivity contribution in [2.24, 2.45) is 17.8 Å². The molecule has 6 heteroatoms. The molecule has 0 aromatic heterocycles. The van der Waals surface area contributed by atoms with Gasteiger partial charge < -0.3 is 15.5 Å². The fourth-order valence-electron chi connectivity index (χ4n) is 3.45. The summed E-state index contributed by atoms with van der Waals surface area (Å²) < 4.78 is 12.9. The molecule has 0 spiro atoms. The largest absolute Gasteiger partial charge is 0.352 e. The fourth-order valence-corrected chi connectivity index (χ4v) is 3.45. The van der Waals surface area contributed by atoms with E-state index in [4.69, 9.17) is 0 Å². The first-order valence-electron chi connectivity index (χ1n) is 9.06. The molecule has 3 rings (SSSR count). The van der Waals surface area contributed by atoms with Crippen molar-refractivity contribution >= 4 is 11.8 Å². The third kappa shape index (κ3) is 4.37. The molecule has 2 N–H and O–H groups in total. The maximum Gasteiger partial charge on any atom is 0.225 e. The smallest absolute Gasteiger partial charge is 0.225 e. The third-order valence-electron chi connectivity index (χ3n) is 5.47. The van der Waals surface area contributed by atoms with Gasteiger partial charge in [-0.15, -0.1) is 0 Å². The van der Waals surface area contributed by atoms with Gasteiger partial charge in [-0.2, -0.15) is 0 Å². The zero-order valence-corrected chi connectivity index (χ0v) is 14.6. The van der Waals surface area contributed by atoms with Crippen LogP contribution in [-0.2, 0) is 16.1 Å². The van der Waals surface area contributed by atoms with E-state index in [-0.39, 0.29) is 29.5 Å².